The number of carbonyl (C=O) groups is 1. The number of primary amides is 1. The van der Waals surface area contributed by atoms with Gasteiger partial charge in [-0.15, -0.1) is 0 Å². The highest BCUT2D eigenvalue weighted by Crippen LogP contribution is 2.25. The number of hydrogen-bond donors (Lipinski definition) is 2. The molecule has 0 spiro atoms. The zero-order chi connectivity index (χ0) is 16.6. The van der Waals surface area contributed by atoms with Crippen LogP contribution in [-0.4, -0.2) is 41.8 Å². The summed E-state index contributed by atoms with van der Waals surface area (Å²) in [6.07, 6.45) is 1.67. The summed E-state index contributed by atoms with van der Waals surface area (Å²) >= 11 is 6.07. The summed E-state index contributed by atoms with van der Waals surface area (Å²) in [5, 5.41) is 14.0. The summed E-state index contributed by atoms with van der Waals surface area (Å²) in [6, 6.07) is 3.56. The fourth-order valence-corrected chi connectivity index (χ4v) is 2.61. The maximum absolute atomic E-state index is 11.1. The SMILES string of the molecule is Cc1nc2ccc(Cl)cn2c1-c1nc(CC(N)=O)nn1CCO. The molecule has 23 heavy (non-hydrogen) atoms. The molecule has 0 saturated carbocycles. The molecule has 8 nitrogen and oxygen atoms in total. The standard InChI is InChI=1S/C14H15ClN6O2/c1-8-13(20-7-9(15)2-3-12(20)17-8)14-18-11(6-10(16)23)19-21(14)4-5-22/h2-3,7,22H,4-6H2,1H3,(H2,16,23). The minimum Gasteiger partial charge on any atom is -0.394 e. The predicted octanol–water partition coefficient (Wildman–Crippen LogP) is 0.575. The van der Waals surface area contributed by atoms with Crippen molar-refractivity contribution in [2.24, 2.45) is 5.73 Å². The summed E-state index contributed by atoms with van der Waals surface area (Å²) < 4.78 is 3.35. The fraction of sp³-hybridized carbons (Fsp3) is 0.286. The Morgan fingerprint density at radius 1 is 1.39 bits per heavy atom. The second kappa shape index (κ2) is 5.98. The van der Waals surface area contributed by atoms with Crippen LogP contribution in [0.2, 0.25) is 5.02 Å². The third-order valence-electron chi connectivity index (χ3n) is 3.33. The molecule has 3 heterocycles. The minimum absolute atomic E-state index is 0.0675. The number of amides is 1. The van der Waals surface area contributed by atoms with Gasteiger partial charge in [-0.1, -0.05) is 11.6 Å². The molecule has 0 radical (unpaired) electrons. The first-order valence-corrected chi connectivity index (χ1v) is 7.35. The van der Waals surface area contributed by atoms with E-state index in [2.05, 4.69) is 15.1 Å². The molecule has 0 atom stereocenters. The Kier molecular flexibility index (Phi) is 4.01. The van der Waals surface area contributed by atoms with Crippen molar-refractivity contribution in [2.75, 3.05) is 6.61 Å². The van der Waals surface area contributed by atoms with Crippen molar-refractivity contribution in [3.8, 4) is 11.5 Å². The zero-order valence-electron chi connectivity index (χ0n) is 12.4. The van der Waals surface area contributed by atoms with E-state index in [0.717, 1.165) is 11.3 Å². The van der Waals surface area contributed by atoms with Gasteiger partial charge >= 0.3 is 0 Å². The number of imidazole rings is 1. The molecule has 0 fully saturated rings. The van der Waals surface area contributed by atoms with Gasteiger partial charge in [0.05, 0.1) is 30.3 Å². The number of halogens is 1. The predicted molar refractivity (Wildman–Crippen MR) is 83.9 cm³/mol. The monoisotopic (exact) mass is 334 g/mol. The van der Waals surface area contributed by atoms with E-state index in [1.54, 1.807) is 18.3 Å². The molecule has 3 aromatic heterocycles. The first-order valence-electron chi connectivity index (χ1n) is 6.97. The van der Waals surface area contributed by atoms with Gasteiger partial charge in [0.15, 0.2) is 11.6 Å². The average molecular weight is 335 g/mol. The van der Waals surface area contributed by atoms with Crippen LogP contribution in [0.3, 0.4) is 0 Å². The van der Waals surface area contributed by atoms with Gasteiger partial charge in [0.25, 0.3) is 0 Å². The van der Waals surface area contributed by atoms with Gasteiger partial charge < -0.3 is 10.8 Å². The number of rotatable bonds is 5. The van der Waals surface area contributed by atoms with Crippen LogP contribution in [0.5, 0.6) is 0 Å². The van der Waals surface area contributed by atoms with Crippen LogP contribution in [0.4, 0.5) is 0 Å². The first kappa shape index (κ1) is 15.4. The van der Waals surface area contributed by atoms with E-state index in [-0.39, 0.29) is 19.6 Å². The van der Waals surface area contributed by atoms with E-state index in [9.17, 15) is 9.90 Å². The van der Waals surface area contributed by atoms with Crippen molar-refractivity contribution in [1.29, 1.82) is 0 Å². The van der Waals surface area contributed by atoms with Gasteiger partial charge in [-0.05, 0) is 19.1 Å². The van der Waals surface area contributed by atoms with Crippen molar-refractivity contribution in [3.63, 3.8) is 0 Å². The van der Waals surface area contributed by atoms with Crippen molar-refractivity contribution in [2.45, 2.75) is 19.9 Å². The number of carbonyl (C=O) groups excluding carboxylic acids is 1. The third kappa shape index (κ3) is 2.90. The van der Waals surface area contributed by atoms with Crippen molar-refractivity contribution >= 4 is 23.2 Å². The molecule has 0 aliphatic heterocycles. The number of nitrogens with zero attached hydrogens (tertiary/aromatic N) is 5. The molecule has 1 amide bonds. The number of hydrogen-bond acceptors (Lipinski definition) is 5. The molecule has 0 aromatic carbocycles. The number of aliphatic hydroxyl groups is 1. The van der Waals surface area contributed by atoms with E-state index in [4.69, 9.17) is 17.3 Å². The Labute approximate surface area is 136 Å². The van der Waals surface area contributed by atoms with Crippen LogP contribution >= 0.6 is 11.6 Å². The van der Waals surface area contributed by atoms with E-state index in [1.165, 1.54) is 4.68 Å². The number of aliphatic hydroxyl groups excluding tert-OH is 1. The molecular weight excluding hydrogens is 320 g/mol. The maximum Gasteiger partial charge on any atom is 0.225 e. The molecule has 3 rings (SSSR count). The maximum atomic E-state index is 11.1. The molecule has 0 bridgehead atoms. The van der Waals surface area contributed by atoms with Gasteiger partial charge in [-0.25, -0.2) is 14.6 Å². The molecular formula is C14H15ClN6O2. The Morgan fingerprint density at radius 3 is 2.87 bits per heavy atom. The Hall–Kier alpha value is -2.45. The average Bonchev–Trinajstić information content (AvgIpc) is 2.98. The first-order chi connectivity index (χ1) is 11.0. The Bertz CT molecular complexity index is 885. The minimum atomic E-state index is -0.518. The second-order valence-electron chi connectivity index (χ2n) is 5.06. The van der Waals surface area contributed by atoms with Crippen LogP contribution in [0.1, 0.15) is 11.5 Å². The summed E-state index contributed by atoms with van der Waals surface area (Å²) in [6.45, 7) is 1.99. The summed E-state index contributed by atoms with van der Waals surface area (Å²) in [4.78, 5) is 20.0. The quantitative estimate of drug-likeness (QED) is 0.708. The second-order valence-corrected chi connectivity index (χ2v) is 5.50. The zero-order valence-corrected chi connectivity index (χ0v) is 13.2. The molecule has 9 heteroatoms. The highest BCUT2D eigenvalue weighted by atomic mass is 35.5. The molecule has 0 aliphatic carbocycles. The van der Waals surface area contributed by atoms with Gasteiger partial charge in [0.2, 0.25) is 5.91 Å². The smallest absolute Gasteiger partial charge is 0.225 e. The lowest BCUT2D eigenvalue weighted by Gasteiger charge is -2.05. The molecule has 0 aliphatic rings. The summed E-state index contributed by atoms with van der Waals surface area (Å²) in [5.74, 6) is 0.288. The molecule has 120 valence electrons. The number of pyridine rings is 1. The van der Waals surface area contributed by atoms with E-state index in [0.29, 0.717) is 22.4 Å². The lowest BCUT2D eigenvalue weighted by molar-refractivity contribution is -0.117. The number of fused-ring (bicyclic) bond motifs is 1. The molecule has 0 unspecified atom stereocenters. The number of aromatic nitrogens is 5. The van der Waals surface area contributed by atoms with Gasteiger partial charge in [-0.3, -0.25) is 9.20 Å². The topological polar surface area (TPSA) is 111 Å². The van der Waals surface area contributed by atoms with Crippen LogP contribution in [0.15, 0.2) is 18.3 Å². The third-order valence-corrected chi connectivity index (χ3v) is 3.55. The molecule has 3 aromatic rings. The fourth-order valence-electron chi connectivity index (χ4n) is 2.45. The van der Waals surface area contributed by atoms with E-state index in [1.807, 2.05) is 11.3 Å². The highest BCUT2D eigenvalue weighted by Gasteiger charge is 2.19. The lowest BCUT2D eigenvalue weighted by Crippen LogP contribution is -2.15. The highest BCUT2D eigenvalue weighted by molar-refractivity contribution is 6.30. The van der Waals surface area contributed by atoms with Crippen LogP contribution in [0, 0.1) is 6.92 Å². The van der Waals surface area contributed by atoms with Crippen LogP contribution in [-0.2, 0) is 17.8 Å². The summed E-state index contributed by atoms with van der Waals surface area (Å²) in [5.41, 5.74) is 7.37. The largest absolute Gasteiger partial charge is 0.394 e. The Balaban J connectivity index is 2.20. The van der Waals surface area contributed by atoms with Crippen molar-refractivity contribution in [3.05, 3.63) is 34.9 Å². The Morgan fingerprint density at radius 2 is 2.17 bits per heavy atom. The van der Waals surface area contributed by atoms with Crippen molar-refractivity contribution < 1.29 is 9.90 Å². The van der Waals surface area contributed by atoms with E-state index >= 15 is 0 Å². The van der Waals surface area contributed by atoms with Crippen LogP contribution in [0.25, 0.3) is 17.2 Å². The number of aryl methyl sites for hydroxylation is 1. The molecule has 3 N–H and O–H groups in total. The van der Waals surface area contributed by atoms with E-state index < -0.39 is 5.91 Å². The van der Waals surface area contributed by atoms with Gasteiger partial charge in [-0.2, -0.15) is 5.10 Å². The van der Waals surface area contributed by atoms with Crippen molar-refractivity contribution in [1.82, 2.24) is 24.1 Å². The lowest BCUT2D eigenvalue weighted by atomic mass is 10.3. The normalized spacial score (nSPS) is 11.3. The van der Waals surface area contributed by atoms with Crippen LogP contribution < -0.4 is 5.73 Å². The molecule has 0 saturated heterocycles. The number of nitrogens with two attached hydrogens (primary N) is 1. The van der Waals surface area contributed by atoms with Gasteiger partial charge in [0.1, 0.15) is 11.3 Å². The summed E-state index contributed by atoms with van der Waals surface area (Å²) in [7, 11) is 0. The van der Waals surface area contributed by atoms with Gasteiger partial charge in [0, 0.05) is 6.20 Å².